The summed E-state index contributed by atoms with van der Waals surface area (Å²) in [4.78, 5) is 39.6. The summed E-state index contributed by atoms with van der Waals surface area (Å²) in [5.41, 5.74) is -0.124. The Bertz CT molecular complexity index is 925. The summed E-state index contributed by atoms with van der Waals surface area (Å²) in [7, 11) is 0. The van der Waals surface area contributed by atoms with E-state index in [0.717, 1.165) is 0 Å². The van der Waals surface area contributed by atoms with Crippen molar-refractivity contribution in [3.63, 3.8) is 0 Å². The highest BCUT2D eigenvalue weighted by Crippen LogP contribution is 2.36. The number of carbonyl (C=O) groups excluding carboxylic acids is 3. The highest BCUT2D eigenvalue weighted by atomic mass is 32.1. The van der Waals surface area contributed by atoms with Gasteiger partial charge in [-0.15, -0.1) is 11.3 Å². The van der Waals surface area contributed by atoms with E-state index in [4.69, 9.17) is 4.74 Å². The van der Waals surface area contributed by atoms with Gasteiger partial charge in [0.25, 0.3) is 5.91 Å². The maximum absolute atomic E-state index is 14.3. The van der Waals surface area contributed by atoms with Crippen LogP contribution in [0.25, 0.3) is 0 Å². The molecule has 29 heavy (non-hydrogen) atoms. The monoisotopic (exact) mass is 417 g/mol. The molecule has 1 aromatic carbocycles. The molecular formula is C22H24FNO4S. The molecule has 0 spiro atoms. The van der Waals surface area contributed by atoms with Gasteiger partial charge in [0.05, 0.1) is 22.5 Å². The molecule has 1 aliphatic heterocycles. The Balaban J connectivity index is 1.88. The lowest BCUT2D eigenvalue weighted by Crippen LogP contribution is -2.51. The third-order valence-electron chi connectivity index (χ3n) is 5.25. The Morgan fingerprint density at radius 2 is 2.03 bits per heavy atom. The molecule has 1 aliphatic rings. The summed E-state index contributed by atoms with van der Waals surface area (Å²) < 4.78 is 19.6. The van der Waals surface area contributed by atoms with Crippen molar-refractivity contribution in [3.8, 4) is 0 Å². The first-order valence-electron chi connectivity index (χ1n) is 9.65. The fraction of sp³-hybridized carbons (Fsp3) is 0.409. The van der Waals surface area contributed by atoms with E-state index in [1.807, 2.05) is 0 Å². The molecule has 2 heterocycles. The number of hydrogen-bond acceptors (Lipinski definition) is 5. The van der Waals surface area contributed by atoms with Gasteiger partial charge in [-0.1, -0.05) is 18.2 Å². The molecule has 5 nitrogen and oxygen atoms in total. The number of ether oxygens (including phenoxy) is 1. The summed E-state index contributed by atoms with van der Waals surface area (Å²) in [6, 6.07) is 7.96. The van der Waals surface area contributed by atoms with Crippen LogP contribution in [0.4, 0.5) is 4.39 Å². The number of rotatable bonds is 6. The van der Waals surface area contributed by atoms with Crippen LogP contribution >= 0.6 is 11.3 Å². The highest BCUT2D eigenvalue weighted by molar-refractivity contribution is 7.12. The summed E-state index contributed by atoms with van der Waals surface area (Å²) in [6.07, 6.45) is 1.31. The Kier molecular flexibility index (Phi) is 6.47. The van der Waals surface area contributed by atoms with Crippen molar-refractivity contribution < 1.29 is 23.5 Å². The fourth-order valence-corrected chi connectivity index (χ4v) is 4.58. The van der Waals surface area contributed by atoms with Crippen molar-refractivity contribution in [1.29, 1.82) is 0 Å². The van der Waals surface area contributed by atoms with Crippen molar-refractivity contribution in [2.24, 2.45) is 5.41 Å². The van der Waals surface area contributed by atoms with E-state index < -0.39 is 11.4 Å². The van der Waals surface area contributed by atoms with E-state index in [-0.39, 0.29) is 37.1 Å². The largest absolute Gasteiger partial charge is 0.466 e. The van der Waals surface area contributed by atoms with Crippen LogP contribution in [0.5, 0.6) is 0 Å². The van der Waals surface area contributed by atoms with Crippen LogP contribution in [0.1, 0.15) is 52.3 Å². The van der Waals surface area contributed by atoms with Crippen molar-refractivity contribution >= 4 is 29.0 Å². The molecule has 1 amide bonds. The molecule has 0 bridgehead atoms. The second-order valence-electron chi connectivity index (χ2n) is 7.36. The highest BCUT2D eigenvalue weighted by Gasteiger charge is 2.45. The molecule has 0 radical (unpaired) electrons. The van der Waals surface area contributed by atoms with E-state index >= 15 is 0 Å². The third kappa shape index (κ3) is 4.56. The van der Waals surface area contributed by atoms with E-state index in [1.165, 1.54) is 24.3 Å². The van der Waals surface area contributed by atoms with E-state index in [0.29, 0.717) is 35.4 Å². The third-order valence-corrected chi connectivity index (χ3v) is 6.28. The number of halogens is 1. The van der Waals surface area contributed by atoms with Gasteiger partial charge in [0.15, 0.2) is 5.78 Å². The van der Waals surface area contributed by atoms with Gasteiger partial charge >= 0.3 is 5.97 Å². The number of carbonyl (C=O) groups is 3. The Hall–Kier alpha value is -2.54. The van der Waals surface area contributed by atoms with Crippen molar-refractivity contribution in [3.05, 3.63) is 57.5 Å². The van der Waals surface area contributed by atoms with E-state index in [1.54, 1.807) is 41.5 Å². The second-order valence-corrected chi connectivity index (χ2v) is 8.27. The number of esters is 1. The summed E-state index contributed by atoms with van der Waals surface area (Å²) in [5, 5.41) is 1.66. The Morgan fingerprint density at radius 1 is 1.28 bits per heavy atom. The molecule has 1 aromatic heterocycles. The minimum absolute atomic E-state index is 0.0897. The second kappa shape index (κ2) is 8.86. The predicted molar refractivity (Wildman–Crippen MR) is 109 cm³/mol. The quantitative estimate of drug-likeness (QED) is 0.524. The van der Waals surface area contributed by atoms with Crippen LogP contribution in [-0.2, 0) is 16.0 Å². The van der Waals surface area contributed by atoms with Gasteiger partial charge in [0.1, 0.15) is 5.82 Å². The smallest absolute Gasteiger partial charge is 0.314 e. The lowest BCUT2D eigenvalue weighted by Gasteiger charge is -2.41. The van der Waals surface area contributed by atoms with Gasteiger partial charge in [-0.25, -0.2) is 4.39 Å². The van der Waals surface area contributed by atoms with Crippen molar-refractivity contribution in [1.82, 2.24) is 4.90 Å². The molecule has 7 heteroatoms. The minimum atomic E-state index is -0.995. The first-order valence-corrected chi connectivity index (χ1v) is 10.5. The van der Waals surface area contributed by atoms with E-state index in [2.05, 4.69) is 0 Å². The lowest BCUT2D eigenvalue weighted by molar-refractivity contribution is -0.158. The average molecular weight is 418 g/mol. The van der Waals surface area contributed by atoms with Crippen molar-refractivity contribution in [2.45, 2.75) is 33.1 Å². The van der Waals surface area contributed by atoms with Crippen LogP contribution in [0.15, 0.2) is 35.7 Å². The van der Waals surface area contributed by atoms with Crippen LogP contribution in [0.2, 0.25) is 0 Å². The van der Waals surface area contributed by atoms with Crippen LogP contribution < -0.4 is 0 Å². The molecular weight excluding hydrogens is 393 g/mol. The van der Waals surface area contributed by atoms with Crippen LogP contribution in [0.3, 0.4) is 0 Å². The molecule has 0 saturated carbocycles. The zero-order chi connectivity index (χ0) is 21.0. The number of piperidine rings is 1. The maximum Gasteiger partial charge on any atom is 0.314 e. The zero-order valence-electron chi connectivity index (χ0n) is 16.6. The normalized spacial score (nSPS) is 19.1. The van der Waals surface area contributed by atoms with Gasteiger partial charge in [0, 0.05) is 18.5 Å². The number of likely N-dealkylation sites (tertiary alicyclic amines) is 1. The molecule has 1 saturated heterocycles. The number of Topliss-reactive ketones (excluding diaryl/α,β-unsaturated/α-hetero) is 1. The Labute approximate surface area is 173 Å². The number of hydrogen-bond donors (Lipinski definition) is 0. The first-order chi connectivity index (χ1) is 13.9. The predicted octanol–water partition coefficient (Wildman–Crippen LogP) is 4.12. The summed E-state index contributed by atoms with van der Waals surface area (Å²) in [6.45, 7) is 4.07. The molecule has 1 atom stereocenters. The SMILES string of the molecule is CCOC(=O)[C@@]1(Cc2ccccc2F)CCCN(C(=O)c2csc(C(C)=O)c2)C1. The molecule has 154 valence electrons. The topological polar surface area (TPSA) is 63.7 Å². The van der Waals surface area contributed by atoms with E-state index in [9.17, 15) is 18.8 Å². The molecule has 0 aliphatic carbocycles. The van der Waals surface area contributed by atoms with Crippen LogP contribution in [-0.4, -0.2) is 42.3 Å². The van der Waals surface area contributed by atoms with Gasteiger partial charge < -0.3 is 9.64 Å². The van der Waals surface area contributed by atoms with Crippen LogP contribution in [0, 0.1) is 11.2 Å². The summed E-state index contributed by atoms with van der Waals surface area (Å²) >= 11 is 1.23. The van der Waals surface area contributed by atoms with Crippen molar-refractivity contribution in [2.75, 3.05) is 19.7 Å². The fourth-order valence-electron chi connectivity index (χ4n) is 3.79. The number of thiophene rings is 1. The first kappa shape index (κ1) is 21.2. The molecule has 1 fully saturated rings. The van der Waals surface area contributed by atoms with Gasteiger partial charge in [-0.2, -0.15) is 0 Å². The van der Waals surface area contributed by atoms with Gasteiger partial charge in [-0.3, -0.25) is 14.4 Å². The van der Waals surface area contributed by atoms with Gasteiger partial charge in [-0.05, 0) is 50.8 Å². The summed E-state index contributed by atoms with van der Waals surface area (Å²) in [5.74, 6) is -1.09. The lowest BCUT2D eigenvalue weighted by atomic mass is 9.74. The maximum atomic E-state index is 14.3. The average Bonchev–Trinajstić information content (AvgIpc) is 3.20. The zero-order valence-corrected chi connectivity index (χ0v) is 17.4. The Morgan fingerprint density at radius 3 is 2.69 bits per heavy atom. The molecule has 0 N–H and O–H groups in total. The standard InChI is InChI=1S/C22H24FNO4S/c1-3-28-21(27)22(12-16-7-4-5-8-18(16)23)9-6-10-24(14-22)20(26)17-11-19(15(2)25)29-13-17/h4-5,7-8,11,13H,3,6,9-10,12,14H2,1-2H3/t22-/m1/s1. The molecule has 0 unspecified atom stereocenters. The number of benzene rings is 1. The molecule has 2 aromatic rings. The number of nitrogens with zero attached hydrogens (tertiary/aromatic N) is 1. The van der Waals surface area contributed by atoms with Gasteiger partial charge in [0.2, 0.25) is 0 Å². The minimum Gasteiger partial charge on any atom is -0.466 e. The number of ketones is 1. The number of amides is 1. The molecule has 3 rings (SSSR count).